The number of hydrogen-bond acceptors (Lipinski definition) is 5. The zero-order valence-corrected chi connectivity index (χ0v) is 9.20. The molecule has 0 bridgehead atoms. The Kier molecular flexibility index (Phi) is 5.23. The van der Waals surface area contributed by atoms with Crippen LogP contribution in [0.1, 0.15) is 13.3 Å². The number of sulfonamides is 1. The Hall–Kier alpha value is -1.15. The van der Waals surface area contributed by atoms with Crippen molar-refractivity contribution in [2.45, 2.75) is 19.4 Å². The van der Waals surface area contributed by atoms with Gasteiger partial charge in [0, 0.05) is 0 Å². The molecule has 0 aromatic rings. The highest BCUT2D eigenvalue weighted by Gasteiger charge is 2.21. The maximum atomic E-state index is 11.2. The van der Waals surface area contributed by atoms with Crippen LogP contribution in [0.25, 0.3) is 0 Å². The maximum absolute atomic E-state index is 11.2. The summed E-state index contributed by atoms with van der Waals surface area (Å²) in [6, 6.07) is -1.02. The number of carbonyl (C=O) groups excluding carboxylic acids is 1. The van der Waals surface area contributed by atoms with Gasteiger partial charge in [-0.25, -0.2) is 13.1 Å². The summed E-state index contributed by atoms with van der Waals surface area (Å²) >= 11 is 0. The molecule has 1 atom stereocenters. The van der Waals surface area contributed by atoms with E-state index in [9.17, 15) is 18.0 Å². The van der Waals surface area contributed by atoms with Crippen molar-refractivity contribution in [3.05, 3.63) is 0 Å². The van der Waals surface area contributed by atoms with Crippen molar-refractivity contribution < 1.29 is 27.9 Å². The number of aliphatic carboxylic acids is 1. The van der Waals surface area contributed by atoms with Gasteiger partial charge in [-0.15, -0.1) is 0 Å². The van der Waals surface area contributed by atoms with Crippen LogP contribution < -0.4 is 4.72 Å². The number of hydrogen-bond donors (Lipinski definition) is 2. The van der Waals surface area contributed by atoms with Crippen LogP contribution in [-0.2, 0) is 24.3 Å². The highest BCUT2D eigenvalue weighted by molar-refractivity contribution is 7.89. The summed E-state index contributed by atoms with van der Waals surface area (Å²) < 4.78 is 28.7. The molecule has 0 rings (SSSR count). The molecule has 0 radical (unpaired) electrons. The molecule has 7 nitrogen and oxygen atoms in total. The van der Waals surface area contributed by atoms with E-state index in [2.05, 4.69) is 4.74 Å². The molecule has 0 spiro atoms. The predicted molar refractivity (Wildman–Crippen MR) is 50.7 cm³/mol. The van der Waals surface area contributed by atoms with E-state index < -0.39 is 40.2 Å². The summed E-state index contributed by atoms with van der Waals surface area (Å²) in [6.07, 6.45) is -0.511. The van der Waals surface area contributed by atoms with Gasteiger partial charge in [0.1, 0.15) is 6.04 Å². The Morgan fingerprint density at radius 2 is 2.00 bits per heavy atom. The number of carbonyl (C=O) groups is 2. The molecule has 0 unspecified atom stereocenters. The van der Waals surface area contributed by atoms with E-state index in [0.717, 1.165) is 7.11 Å². The summed E-state index contributed by atoms with van der Waals surface area (Å²) in [5.74, 6) is -2.51. The molecule has 15 heavy (non-hydrogen) atoms. The molecule has 0 saturated heterocycles. The van der Waals surface area contributed by atoms with E-state index in [1.807, 2.05) is 4.72 Å². The summed E-state index contributed by atoms with van der Waals surface area (Å²) in [5.41, 5.74) is 0. The minimum absolute atomic E-state index is 0.511. The average molecular weight is 239 g/mol. The molecule has 0 fully saturated rings. The van der Waals surface area contributed by atoms with Gasteiger partial charge in [0.05, 0.1) is 19.3 Å². The Labute approximate surface area is 87.5 Å². The van der Waals surface area contributed by atoms with Crippen molar-refractivity contribution in [3.8, 4) is 0 Å². The first-order valence-electron chi connectivity index (χ1n) is 4.08. The third-order valence-corrected chi connectivity index (χ3v) is 2.95. The zero-order chi connectivity index (χ0) is 12.1. The van der Waals surface area contributed by atoms with E-state index in [1.165, 1.54) is 6.92 Å². The summed E-state index contributed by atoms with van der Waals surface area (Å²) in [5, 5.41) is 8.28. The van der Waals surface area contributed by atoms with E-state index in [4.69, 9.17) is 5.11 Å². The number of esters is 1. The number of rotatable bonds is 6. The van der Waals surface area contributed by atoms with E-state index >= 15 is 0 Å². The summed E-state index contributed by atoms with van der Waals surface area (Å²) in [6.45, 7) is 1.31. The van der Waals surface area contributed by atoms with E-state index in [1.54, 1.807) is 0 Å². The van der Waals surface area contributed by atoms with Crippen LogP contribution in [0.3, 0.4) is 0 Å². The normalized spacial score (nSPS) is 13.2. The quantitative estimate of drug-likeness (QED) is 0.572. The van der Waals surface area contributed by atoms with Gasteiger partial charge in [-0.3, -0.25) is 9.59 Å². The van der Waals surface area contributed by atoms with Gasteiger partial charge in [-0.2, -0.15) is 0 Å². The Balaban J connectivity index is 4.26. The number of carboxylic acids is 1. The second-order valence-electron chi connectivity index (χ2n) is 2.83. The topological polar surface area (TPSA) is 110 Å². The summed E-state index contributed by atoms with van der Waals surface area (Å²) in [4.78, 5) is 21.0. The Bertz CT molecular complexity index is 335. The van der Waals surface area contributed by atoms with Crippen LogP contribution in [0.15, 0.2) is 0 Å². The fraction of sp³-hybridized carbons (Fsp3) is 0.714. The van der Waals surface area contributed by atoms with Gasteiger partial charge in [0.2, 0.25) is 10.0 Å². The van der Waals surface area contributed by atoms with Crippen molar-refractivity contribution in [1.29, 1.82) is 0 Å². The molecule has 0 amide bonds. The van der Waals surface area contributed by atoms with Gasteiger partial charge in [0.25, 0.3) is 0 Å². The van der Waals surface area contributed by atoms with Crippen LogP contribution in [0.5, 0.6) is 0 Å². The van der Waals surface area contributed by atoms with Crippen molar-refractivity contribution in [2.24, 2.45) is 0 Å². The molecule has 2 N–H and O–H groups in total. The monoisotopic (exact) mass is 239 g/mol. The maximum Gasteiger partial charge on any atom is 0.323 e. The lowest BCUT2D eigenvalue weighted by Crippen LogP contribution is -2.40. The van der Waals surface area contributed by atoms with Gasteiger partial charge in [0.15, 0.2) is 0 Å². The van der Waals surface area contributed by atoms with Gasteiger partial charge >= 0.3 is 11.9 Å². The second kappa shape index (κ2) is 5.66. The smallest absolute Gasteiger partial charge is 0.323 e. The van der Waals surface area contributed by atoms with Crippen LogP contribution in [-0.4, -0.2) is 44.4 Å². The molecule has 0 aliphatic carbocycles. The van der Waals surface area contributed by atoms with Crippen LogP contribution in [0.4, 0.5) is 0 Å². The minimum atomic E-state index is -3.76. The third kappa shape index (κ3) is 6.02. The first kappa shape index (κ1) is 13.8. The van der Waals surface area contributed by atoms with Crippen molar-refractivity contribution in [3.63, 3.8) is 0 Å². The largest absolute Gasteiger partial charge is 0.481 e. The lowest BCUT2D eigenvalue weighted by molar-refractivity contribution is -0.142. The SMILES string of the molecule is COC(=O)[C@H](C)NS(=O)(=O)CCC(=O)O. The summed E-state index contributed by atoms with van der Waals surface area (Å²) in [7, 11) is -2.63. The van der Waals surface area contributed by atoms with E-state index in [-0.39, 0.29) is 0 Å². The number of carboxylic acid groups (broad SMARTS) is 1. The molecule has 0 heterocycles. The first-order chi connectivity index (χ1) is 6.78. The number of nitrogens with one attached hydrogen (secondary N) is 1. The molecule has 0 aromatic carbocycles. The molecule has 0 aliphatic rings. The standard InChI is InChI=1S/C7H13NO6S/c1-5(7(11)14-2)8-15(12,13)4-3-6(9)10/h5,8H,3-4H2,1-2H3,(H,9,10)/t5-/m0/s1. The fourth-order valence-electron chi connectivity index (χ4n) is 0.775. The number of methoxy groups -OCH3 is 1. The molecule has 0 saturated carbocycles. The average Bonchev–Trinajstić information content (AvgIpc) is 2.13. The van der Waals surface area contributed by atoms with Gasteiger partial charge < -0.3 is 9.84 Å². The lowest BCUT2D eigenvalue weighted by Gasteiger charge is -2.11. The van der Waals surface area contributed by atoms with Crippen molar-refractivity contribution >= 4 is 22.0 Å². The fourth-order valence-corrected chi connectivity index (χ4v) is 1.97. The second-order valence-corrected chi connectivity index (χ2v) is 4.70. The molecule has 0 aliphatic heterocycles. The predicted octanol–water partition coefficient (Wildman–Crippen LogP) is -1.06. The first-order valence-corrected chi connectivity index (χ1v) is 5.73. The minimum Gasteiger partial charge on any atom is -0.481 e. The van der Waals surface area contributed by atoms with Crippen LogP contribution >= 0.6 is 0 Å². The third-order valence-electron chi connectivity index (χ3n) is 1.50. The number of ether oxygens (including phenoxy) is 1. The zero-order valence-electron chi connectivity index (χ0n) is 8.39. The van der Waals surface area contributed by atoms with Gasteiger partial charge in [-0.1, -0.05) is 0 Å². The molecule has 0 aromatic heterocycles. The Morgan fingerprint density at radius 3 is 2.40 bits per heavy atom. The molecule has 8 heteroatoms. The molecular formula is C7H13NO6S. The Morgan fingerprint density at radius 1 is 1.47 bits per heavy atom. The molecule has 88 valence electrons. The highest BCUT2D eigenvalue weighted by atomic mass is 32.2. The highest BCUT2D eigenvalue weighted by Crippen LogP contribution is 1.94. The van der Waals surface area contributed by atoms with Crippen LogP contribution in [0.2, 0.25) is 0 Å². The van der Waals surface area contributed by atoms with E-state index in [0.29, 0.717) is 0 Å². The van der Waals surface area contributed by atoms with Crippen molar-refractivity contribution in [1.82, 2.24) is 4.72 Å². The van der Waals surface area contributed by atoms with Gasteiger partial charge in [-0.05, 0) is 6.92 Å². The lowest BCUT2D eigenvalue weighted by atomic mass is 10.4. The van der Waals surface area contributed by atoms with Crippen LogP contribution in [0, 0.1) is 0 Å². The van der Waals surface area contributed by atoms with Crippen molar-refractivity contribution in [2.75, 3.05) is 12.9 Å². The molecular weight excluding hydrogens is 226 g/mol.